The molecule has 8 heteroatoms. The third-order valence-electron chi connectivity index (χ3n) is 3.19. The molecule has 138 valence electrons. The van der Waals surface area contributed by atoms with Gasteiger partial charge in [0, 0.05) is 27.4 Å². The highest BCUT2D eigenvalue weighted by Gasteiger charge is 2.14. The van der Waals surface area contributed by atoms with Crippen molar-refractivity contribution < 1.29 is 27.4 Å². The maximum atomic E-state index is 12.3. The molecule has 0 bridgehead atoms. The molecular formula is C16H27NO6S. The summed E-state index contributed by atoms with van der Waals surface area (Å²) in [6.45, 7) is 4.55. The van der Waals surface area contributed by atoms with E-state index in [0.29, 0.717) is 51.7 Å². The molecule has 1 rings (SSSR count). The standard InChI is InChI=1S/C16H27NO6S/c1-14-13-15(5-6-16(14)23-12-10-21-3)24(18,19)17-7-4-8-22-11-9-20-2/h5-6,13,17H,4,7-12H2,1-3H3. The van der Waals surface area contributed by atoms with Crippen LogP contribution < -0.4 is 9.46 Å². The summed E-state index contributed by atoms with van der Waals surface area (Å²) in [6.07, 6.45) is 0.597. The van der Waals surface area contributed by atoms with Crippen molar-refractivity contribution in [1.82, 2.24) is 4.72 Å². The molecule has 0 fully saturated rings. The van der Waals surface area contributed by atoms with Crippen molar-refractivity contribution in [3.8, 4) is 5.75 Å². The highest BCUT2D eigenvalue weighted by Crippen LogP contribution is 2.21. The smallest absolute Gasteiger partial charge is 0.240 e. The molecule has 0 spiro atoms. The SMILES string of the molecule is COCCOCCCNS(=O)(=O)c1ccc(OCCOC)c(C)c1. The topological polar surface area (TPSA) is 83.1 Å². The summed E-state index contributed by atoms with van der Waals surface area (Å²) < 4.78 is 47.7. The molecular weight excluding hydrogens is 334 g/mol. The van der Waals surface area contributed by atoms with Crippen molar-refractivity contribution in [2.75, 3.05) is 53.8 Å². The number of nitrogens with one attached hydrogen (secondary N) is 1. The zero-order valence-electron chi connectivity index (χ0n) is 14.5. The molecule has 7 nitrogen and oxygen atoms in total. The minimum Gasteiger partial charge on any atom is -0.491 e. The molecule has 0 heterocycles. The Hall–Kier alpha value is -1.19. The van der Waals surface area contributed by atoms with E-state index in [0.717, 1.165) is 5.56 Å². The number of ether oxygens (including phenoxy) is 4. The third kappa shape index (κ3) is 7.59. The molecule has 0 aliphatic carbocycles. The van der Waals surface area contributed by atoms with E-state index in [1.807, 2.05) is 6.92 Å². The van der Waals surface area contributed by atoms with E-state index >= 15 is 0 Å². The largest absolute Gasteiger partial charge is 0.491 e. The number of methoxy groups -OCH3 is 2. The molecule has 0 atom stereocenters. The van der Waals surface area contributed by atoms with Crippen LogP contribution in [0.4, 0.5) is 0 Å². The summed E-state index contributed by atoms with van der Waals surface area (Å²) in [5.74, 6) is 0.651. The number of aryl methyl sites for hydroxylation is 1. The first-order valence-corrected chi connectivity index (χ1v) is 9.28. The second kappa shape index (κ2) is 11.4. The lowest BCUT2D eigenvalue weighted by molar-refractivity contribution is 0.0699. The number of benzene rings is 1. The van der Waals surface area contributed by atoms with Gasteiger partial charge in [0.25, 0.3) is 0 Å². The highest BCUT2D eigenvalue weighted by molar-refractivity contribution is 7.89. The van der Waals surface area contributed by atoms with Gasteiger partial charge in [0.05, 0.1) is 24.7 Å². The van der Waals surface area contributed by atoms with E-state index in [2.05, 4.69) is 4.72 Å². The van der Waals surface area contributed by atoms with Crippen molar-refractivity contribution in [3.63, 3.8) is 0 Å². The van der Waals surface area contributed by atoms with Crippen LogP contribution in [0.2, 0.25) is 0 Å². The second-order valence-corrected chi connectivity index (χ2v) is 6.89. The van der Waals surface area contributed by atoms with E-state index < -0.39 is 10.0 Å². The van der Waals surface area contributed by atoms with Crippen LogP contribution in [-0.2, 0) is 24.2 Å². The molecule has 0 unspecified atom stereocenters. The number of sulfonamides is 1. The number of rotatable bonds is 13. The maximum Gasteiger partial charge on any atom is 0.240 e. The average Bonchev–Trinajstić information content (AvgIpc) is 2.55. The van der Waals surface area contributed by atoms with E-state index in [-0.39, 0.29) is 4.90 Å². The van der Waals surface area contributed by atoms with Gasteiger partial charge in [0.1, 0.15) is 12.4 Å². The van der Waals surface area contributed by atoms with E-state index in [1.165, 1.54) is 6.07 Å². The predicted molar refractivity (Wildman–Crippen MR) is 91.1 cm³/mol. The Morgan fingerprint density at radius 1 is 1.00 bits per heavy atom. The minimum atomic E-state index is -3.53. The van der Waals surface area contributed by atoms with Crippen LogP contribution in [0.1, 0.15) is 12.0 Å². The van der Waals surface area contributed by atoms with Gasteiger partial charge in [0.2, 0.25) is 10.0 Å². The van der Waals surface area contributed by atoms with Crippen LogP contribution in [0.15, 0.2) is 23.1 Å². The normalized spacial score (nSPS) is 11.6. The molecule has 0 amide bonds. The van der Waals surface area contributed by atoms with Gasteiger partial charge in [-0.1, -0.05) is 0 Å². The molecule has 24 heavy (non-hydrogen) atoms. The lowest BCUT2D eigenvalue weighted by Gasteiger charge is -2.11. The van der Waals surface area contributed by atoms with Crippen molar-refractivity contribution >= 4 is 10.0 Å². The zero-order chi connectivity index (χ0) is 17.8. The second-order valence-electron chi connectivity index (χ2n) is 5.13. The van der Waals surface area contributed by atoms with Crippen LogP contribution in [0.25, 0.3) is 0 Å². The fourth-order valence-electron chi connectivity index (χ4n) is 1.89. The quantitative estimate of drug-likeness (QED) is 0.534. The van der Waals surface area contributed by atoms with Crippen LogP contribution in [0.5, 0.6) is 5.75 Å². The minimum absolute atomic E-state index is 0.222. The fraction of sp³-hybridized carbons (Fsp3) is 0.625. The van der Waals surface area contributed by atoms with Crippen LogP contribution in [-0.4, -0.2) is 62.2 Å². The number of hydrogen-bond donors (Lipinski definition) is 1. The van der Waals surface area contributed by atoms with Crippen molar-refractivity contribution in [2.24, 2.45) is 0 Å². The van der Waals surface area contributed by atoms with Crippen LogP contribution in [0.3, 0.4) is 0 Å². The van der Waals surface area contributed by atoms with Crippen LogP contribution >= 0.6 is 0 Å². The summed E-state index contributed by atoms with van der Waals surface area (Å²) in [5, 5.41) is 0. The molecule has 0 saturated carbocycles. The lowest BCUT2D eigenvalue weighted by atomic mass is 10.2. The first kappa shape index (κ1) is 20.9. The number of hydrogen-bond acceptors (Lipinski definition) is 6. The Kier molecular flexibility index (Phi) is 9.89. The third-order valence-corrected chi connectivity index (χ3v) is 4.65. The Morgan fingerprint density at radius 2 is 1.71 bits per heavy atom. The summed E-state index contributed by atoms with van der Waals surface area (Å²) in [6, 6.07) is 4.79. The summed E-state index contributed by atoms with van der Waals surface area (Å²) in [7, 11) is -0.331. The van der Waals surface area contributed by atoms with Gasteiger partial charge >= 0.3 is 0 Å². The predicted octanol–water partition coefficient (Wildman–Crippen LogP) is 1.35. The molecule has 0 radical (unpaired) electrons. The monoisotopic (exact) mass is 361 g/mol. The van der Waals surface area contributed by atoms with Gasteiger partial charge in [-0.25, -0.2) is 13.1 Å². The Bertz CT molecular complexity index is 576. The summed E-state index contributed by atoms with van der Waals surface area (Å²) >= 11 is 0. The zero-order valence-corrected chi connectivity index (χ0v) is 15.4. The molecule has 1 aromatic rings. The Labute approximate surface area is 144 Å². The fourth-order valence-corrected chi connectivity index (χ4v) is 3.05. The highest BCUT2D eigenvalue weighted by atomic mass is 32.2. The van der Waals surface area contributed by atoms with Gasteiger partial charge < -0.3 is 18.9 Å². The van der Waals surface area contributed by atoms with Gasteiger partial charge in [-0.3, -0.25) is 0 Å². The van der Waals surface area contributed by atoms with Crippen molar-refractivity contribution in [3.05, 3.63) is 23.8 Å². The van der Waals surface area contributed by atoms with Gasteiger partial charge in [-0.05, 0) is 37.1 Å². The van der Waals surface area contributed by atoms with Crippen LogP contribution in [0, 0.1) is 6.92 Å². The van der Waals surface area contributed by atoms with Crippen molar-refractivity contribution in [1.29, 1.82) is 0 Å². The maximum absolute atomic E-state index is 12.3. The van der Waals surface area contributed by atoms with E-state index in [1.54, 1.807) is 26.4 Å². The molecule has 1 N–H and O–H groups in total. The van der Waals surface area contributed by atoms with Gasteiger partial charge in [-0.15, -0.1) is 0 Å². The van der Waals surface area contributed by atoms with E-state index in [9.17, 15) is 8.42 Å². The molecule has 0 aromatic heterocycles. The van der Waals surface area contributed by atoms with Gasteiger partial charge in [-0.2, -0.15) is 0 Å². The average molecular weight is 361 g/mol. The molecule has 0 aliphatic rings. The van der Waals surface area contributed by atoms with Crippen molar-refractivity contribution in [2.45, 2.75) is 18.2 Å². The van der Waals surface area contributed by atoms with Gasteiger partial charge in [0.15, 0.2) is 0 Å². The summed E-state index contributed by atoms with van der Waals surface area (Å²) in [4.78, 5) is 0.222. The Balaban J connectivity index is 2.47. The van der Waals surface area contributed by atoms with E-state index in [4.69, 9.17) is 18.9 Å². The first-order valence-electron chi connectivity index (χ1n) is 7.80. The first-order chi connectivity index (χ1) is 11.5. The summed E-state index contributed by atoms with van der Waals surface area (Å²) in [5.41, 5.74) is 0.761. The lowest BCUT2D eigenvalue weighted by Crippen LogP contribution is -2.25. The molecule has 0 aliphatic heterocycles. The Morgan fingerprint density at radius 3 is 2.38 bits per heavy atom. The molecule has 1 aromatic carbocycles. The molecule has 0 saturated heterocycles.